The summed E-state index contributed by atoms with van der Waals surface area (Å²) in [5.74, 6) is -20.9. The third-order valence-corrected chi connectivity index (χ3v) is 4.38. The van der Waals surface area contributed by atoms with Crippen molar-refractivity contribution in [3.63, 3.8) is 0 Å². The minimum absolute atomic E-state index is 0.109. The fourth-order valence-electron chi connectivity index (χ4n) is 2.98. The summed E-state index contributed by atoms with van der Waals surface area (Å²) in [6.45, 7) is 0. The van der Waals surface area contributed by atoms with Crippen molar-refractivity contribution in [1.82, 2.24) is 0 Å². The average Bonchev–Trinajstić information content (AvgIpc) is 3.07. The summed E-state index contributed by atoms with van der Waals surface area (Å²) < 4.78 is 112. The minimum Gasteiger partial charge on any atom is -0.495 e. The highest BCUT2D eigenvalue weighted by Gasteiger charge is 2.82. The molecule has 1 aromatic carbocycles. The van der Waals surface area contributed by atoms with E-state index in [0.717, 1.165) is 20.5 Å². The second-order valence-electron chi connectivity index (χ2n) is 6.07. The molecule has 29 heavy (non-hydrogen) atoms. The molecule has 0 saturated heterocycles. The highest BCUT2D eigenvalue weighted by Crippen LogP contribution is 2.57. The number of ketones is 1. The first-order valence-corrected chi connectivity index (χ1v) is 7.65. The number of carbonyl (C=O) groups excluding carboxylic acids is 1. The number of methoxy groups -OCH3 is 2. The van der Waals surface area contributed by atoms with E-state index in [4.69, 9.17) is 13.9 Å². The van der Waals surface area contributed by atoms with Crippen molar-refractivity contribution in [3.8, 4) is 17.2 Å². The lowest BCUT2D eigenvalue weighted by atomic mass is 9.89. The number of rotatable bonds is 4. The number of ether oxygens (including phenoxy) is 3. The van der Waals surface area contributed by atoms with Gasteiger partial charge in [-0.25, -0.2) is 0 Å². The molecule has 1 aromatic heterocycles. The Kier molecular flexibility index (Phi) is 4.46. The maximum Gasteiger partial charge on any atom is 0.460 e. The van der Waals surface area contributed by atoms with E-state index >= 15 is 0 Å². The van der Waals surface area contributed by atoms with Crippen LogP contribution in [0.25, 0.3) is 11.0 Å². The van der Waals surface area contributed by atoms with Crippen LogP contribution in [-0.2, 0) is 0 Å². The molecule has 6 nitrogen and oxygen atoms in total. The third-order valence-electron chi connectivity index (χ3n) is 4.38. The first-order valence-electron chi connectivity index (χ1n) is 7.65. The molecule has 13 heteroatoms. The van der Waals surface area contributed by atoms with Gasteiger partial charge in [-0.1, -0.05) is 0 Å². The molecule has 160 valence electrons. The average molecular weight is 432 g/mol. The molecule has 0 aliphatic carbocycles. The van der Waals surface area contributed by atoms with E-state index in [1.54, 1.807) is 0 Å². The maximum absolute atomic E-state index is 14.2. The van der Waals surface area contributed by atoms with Crippen molar-refractivity contribution in [2.75, 3.05) is 14.2 Å². The molecule has 0 saturated carbocycles. The van der Waals surface area contributed by atoms with E-state index < -0.39 is 53.1 Å². The number of furan rings is 1. The van der Waals surface area contributed by atoms with Crippen LogP contribution in [0.1, 0.15) is 16.8 Å². The lowest BCUT2D eigenvalue weighted by Gasteiger charge is -2.42. The van der Waals surface area contributed by atoms with Gasteiger partial charge in [0.2, 0.25) is 5.75 Å². The number of aliphatic hydroxyl groups is 1. The van der Waals surface area contributed by atoms with Crippen LogP contribution in [0.2, 0.25) is 0 Å². The fourth-order valence-corrected chi connectivity index (χ4v) is 2.98. The SMILES string of the molecule is COc1c2c(c(OC)c3occc13)O[C@@](O)(C(F)(F)C(F)(F)C(F)(F)F)CC2=O. The van der Waals surface area contributed by atoms with Gasteiger partial charge in [-0.05, 0) is 6.07 Å². The lowest BCUT2D eigenvalue weighted by molar-refractivity contribution is -0.415. The Labute approximate surface area is 156 Å². The largest absolute Gasteiger partial charge is 0.495 e. The summed E-state index contributed by atoms with van der Waals surface area (Å²) in [6, 6.07) is 1.30. The number of fused-ring (bicyclic) bond motifs is 2. The topological polar surface area (TPSA) is 78.1 Å². The molecule has 0 radical (unpaired) electrons. The van der Waals surface area contributed by atoms with Gasteiger partial charge in [-0.3, -0.25) is 4.79 Å². The summed E-state index contributed by atoms with van der Waals surface area (Å²) in [7, 11) is 2.04. The molecule has 3 rings (SSSR count). The van der Waals surface area contributed by atoms with Crippen LogP contribution in [0.3, 0.4) is 0 Å². The van der Waals surface area contributed by atoms with Gasteiger partial charge in [0.05, 0.1) is 32.3 Å². The van der Waals surface area contributed by atoms with E-state index in [-0.39, 0.29) is 16.7 Å². The standard InChI is InChI=1S/C16H11F7O6/c1-26-9-6-3-4-28-10(6)12(27-2)11-8(9)7(24)5-13(25,29-11)14(17,18)15(19,20)16(21,22)23/h3-4,25H,5H2,1-2H3/t13-/m1/s1. The van der Waals surface area contributed by atoms with Gasteiger partial charge in [0, 0.05) is 0 Å². The molecule has 1 N–H and O–H groups in total. The lowest BCUT2D eigenvalue weighted by Crippen LogP contribution is -2.67. The van der Waals surface area contributed by atoms with Crippen LogP contribution in [0.15, 0.2) is 16.7 Å². The number of halogens is 7. The fraction of sp³-hybridized carbons (Fsp3) is 0.438. The smallest absolute Gasteiger partial charge is 0.460 e. The molecule has 0 amide bonds. The molecule has 0 bridgehead atoms. The van der Waals surface area contributed by atoms with E-state index in [1.807, 2.05) is 0 Å². The van der Waals surface area contributed by atoms with Gasteiger partial charge in [0.1, 0.15) is 11.3 Å². The Balaban J connectivity index is 2.27. The van der Waals surface area contributed by atoms with Crippen LogP contribution >= 0.6 is 0 Å². The number of carbonyl (C=O) groups is 1. The van der Waals surface area contributed by atoms with Gasteiger partial charge in [0.25, 0.3) is 5.79 Å². The second kappa shape index (κ2) is 6.15. The summed E-state index contributed by atoms with van der Waals surface area (Å²) in [5.41, 5.74) is -0.833. The third kappa shape index (κ3) is 2.63. The van der Waals surface area contributed by atoms with E-state index in [9.17, 15) is 40.6 Å². The zero-order valence-electron chi connectivity index (χ0n) is 14.5. The highest BCUT2D eigenvalue weighted by atomic mass is 19.4. The molecule has 1 aliphatic heterocycles. The van der Waals surface area contributed by atoms with Crippen molar-refractivity contribution in [2.24, 2.45) is 0 Å². The quantitative estimate of drug-likeness (QED) is 0.738. The van der Waals surface area contributed by atoms with E-state index in [2.05, 4.69) is 4.74 Å². The van der Waals surface area contributed by atoms with E-state index in [1.165, 1.54) is 6.07 Å². The Morgan fingerprint density at radius 3 is 2.17 bits per heavy atom. The first kappa shape index (κ1) is 21.0. The summed E-state index contributed by atoms with van der Waals surface area (Å²) in [5, 5.41) is 10.1. The monoisotopic (exact) mass is 432 g/mol. The summed E-state index contributed by atoms with van der Waals surface area (Å²) in [4.78, 5) is 12.5. The van der Waals surface area contributed by atoms with Crippen LogP contribution in [-0.4, -0.2) is 48.9 Å². The number of benzene rings is 1. The molecule has 1 aliphatic rings. The molecular weight excluding hydrogens is 421 g/mol. The molecule has 0 spiro atoms. The predicted octanol–water partition coefficient (Wildman–Crippen LogP) is 3.94. The second-order valence-corrected chi connectivity index (χ2v) is 6.07. The van der Waals surface area contributed by atoms with Crippen LogP contribution < -0.4 is 14.2 Å². The summed E-state index contributed by atoms with van der Waals surface area (Å²) in [6.07, 6.45) is -7.57. The Bertz CT molecular complexity index is 980. The zero-order valence-corrected chi connectivity index (χ0v) is 14.5. The van der Waals surface area contributed by atoms with Crippen molar-refractivity contribution >= 4 is 16.8 Å². The Morgan fingerprint density at radius 1 is 1.07 bits per heavy atom. The van der Waals surface area contributed by atoms with Crippen molar-refractivity contribution < 1.29 is 59.3 Å². The molecule has 1 atom stereocenters. The molecule has 2 aromatic rings. The van der Waals surface area contributed by atoms with Gasteiger partial charge in [-0.2, -0.15) is 30.7 Å². The van der Waals surface area contributed by atoms with Crippen molar-refractivity contribution in [1.29, 1.82) is 0 Å². The first-order chi connectivity index (χ1) is 13.2. The van der Waals surface area contributed by atoms with Crippen molar-refractivity contribution in [2.45, 2.75) is 30.2 Å². The van der Waals surface area contributed by atoms with Gasteiger partial charge < -0.3 is 23.7 Å². The normalized spacial score (nSPS) is 20.4. The summed E-state index contributed by atoms with van der Waals surface area (Å²) >= 11 is 0. The molecular formula is C16H11F7O6. The number of Topliss-reactive ketones (excluding diaryl/α,β-unsaturated/α-hetero) is 1. The number of alkyl halides is 7. The number of hydrogen-bond donors (Lipinski definition) is 1. The Hall–Kier alpha value is -2.70. The predicted molar refractivity (Wildman–Crippen MR) is 79.8 cm³/mol. The van der Waals surface area contributed by atoms with Gasteiger partial charge in [-0.15, -0.1) is 0 Å². The molecule has 0 fully saturated rings. The molecule has 0 unspecified atom stereocenters. The molecule has 2 heterocycles. The highest BCUT2D eigenvalue weighted by molar-refractivity contribution is 6.10. The number of hydrogen-bond acceptors (Lipinski definition) is 6. The maximum atomic E-state index is 14.2. The van der Waals surface area contributed by atoms with Gasteiger partial charge in [0.15, 0.2) is 17.1 Å². The van der Waals surface area contributed by atoms with Crippen LogP contribution in [0.4, 0.5) is 30.7 Å². The Morgan fingerprint density at radius 2 is 1.66 bits per heavy atom. The van der Waals surface area contributed by atoms with E-state index in [0.29, 0.717) is 0 Å². The van der Waals surface area contributed by atoms with Crippen LogP contribution in [0.5, 0.6) is 17.2 Å². The zero-order chi connectivity index (χ0) is 22.0. The van der Waals surface area contributed by atoms with Crippen molar-refractivity contribution in [3.05, 3.63) is 17.9 Å². The van der Waals surface area contributed by atoms with Gasteiger partial charge >= 0.3 is 18.0 Å². The minimum atomic E-state index is -6.74. The van der Waals surface area contributed by atoms with Crippen LogP contribution in [0, 0.1) is 0 Å².